The van der Waals surface area contributed by atoms with Crippen LogP contribution in [0.2, 0.25) is 0 Å². The van der Waals surface area contributed by atoms with Crippen molar-refractivity contribution in [2.24, 2.45) is 5.92 Å². The van der Waals surface area contributed by atoms with Crippen molar-refractivity contribution in [3.63, 3.8) is 0 Å². The molecule has 0 N–H and O–H groups in total. The molecule has 1 aliphatic rings. The zero-order valence-electron chi connectivity index (χ0n) is 20.6. The molecular formula is C26H29N5O4S. The van der Waals surface area contributed by atoms with Gasteiger partial charge in [0.1, 0.15) is 21.3 Å². The summed E-state index contributed by atoms with van der Waals surface area (Å²) < 4.78 is 35.6. The van der Waals surface area contributed by atoms with E-state index in [1.165, 1.54) is 19.1 Å². The van der Waals surface area contributed by atoms with Gasteiger partial charge in [-0.3, -0.25) is 9.67 Å². The molecule has 2 aromatic carbocycles. The Hall–Kier alpha value is -3.66. The second kappa shape index (κ2) is 9.77. The number of fused-ring (bicyclic) bond motifs is 1. The standard InChI is InChI=1S/C26H29N5O4S/c1-34-22-10-21(11-23(13-22)35-2)31(16-18-4-5-18)20-6-7-24-25(12-20)29-26(15-27-24)19-14-28-30(17-19)8-9-36(3,32)33/h6-7,10-15,17-18H,4-5,8-9,16H2,1-3H3. The molecule has 0 atom stereocenters. The first-order valence-corrected chi connectivity index (χ1v) is 13.9. The third-order valence-corrected chi connectivity index (χ3v) is 7.17. The van der Waals surface area contributed by atoms with Crippen LogP contribution < -0.4 is 14.4 Å². The normalized spacial score (nSPS) is 13.6. The Morgan fingerprint density at radius 1 is 1.00 bits per heavy atom. The number of anilines is 2. The molecule has 9 nitrogen and oxygen atoms in total. The van der Waals surface area contributed by atoms with Gasteiger partial charge in [-0.2, -0.15) is 5.10 Å². The Morgan fingerprint density at radius 3 is 2.42 bits per heavy atom. The van der Waals surface area contributed by atoms with Crippen LogP contribution in [0.5, 0.6) is 11.5 Å². The first kappa shape index (κ1) is 24.1. The Morgan fingerprint density at radius 2 is 1.75 bits per heavy atom. The maximum absolute atomic E-state index is 11.5. The van der Waals surface area contributed by atoms with Crippen LogP contribution in [-0.2, 0) is 16.4 Å². The highest BCUT2D eigenvalue weighted by Crippen LogP contribution is 2.38. The topological polar surface area (TPSA) is 99.4 Å². The van der Waals surface area contributed by atoms with Crippen molar-refractivity contribution in [1.82, 2.24) is 19.7 Å². The number of hydrogen-bond donors (Lipinski definition) is 0. The van der Waals surface area contributed by atoms with Crippen LogP contribution in [0.15, 0.2) is 55.0 Å². The third-order valence-electron chi connectivity index (χ3n) is 6.24. The molecule has 1 aliphatic carbocycles. The van der Waals surface area contributed by atoms with Crippen LogP contribution in [0.25, 0.3) is 22.3 Å². The van der Waals surface area contributed by atoms with Crippen molar-refractivity contribution in [1.29, 1.82) is 0 Å². The van der Waals surface area contributed by atoms with E-state index in [9.17, 15) is 8.42 Å². The Labute approximate surface area is 210 Å². The summed E-state index contributed by atoms with van der Waals surface area (Å²) in [7, 11) is 0.241. The Bertz CT molecular complexity index is 1480. The summed E-state index contributed by atoms with van der Waals surface area (Å²) in [5.74, 6) is 2.15. The minimum Gasteiger partial charge on any atom is -0.497 e. The molecule has 5 rings (SSSR count). The number of ether oxygens (including phenoxy) is 2. The maximum Gasteiger partial charge on any atom is 0.149 e. The van der Waals surface area contributed by atoms with Gasteiger partial charge in [-0.1, -0.05) is 0 Å². The first-order chi connectivity index (χ1) is 17.3. The summed E-state index contributed by atoms with van der Waals surface area (Å²) in [5, 5.41) is 4.29. The van der Waals surface area contributed by atoms with Gasteiger partial charge in [-0.25, -0.2) is 13.4 Å². The number of hydrogen-bond acceptors (Lipinski definition) is 8. The number of sulfone groups is 1. The Balaban J connectivity index is 1.49. The summed E-state index contributed by atoms with van der Waals surface area (Å²) in [6.45, 7) is 1.19. The van der Waals surface area contributed by atoms with Crippen molar-refractivity contribution in [3.05, 3.63) is 55.0 Å². The van der Waals surface area contributed by atoms with Crippen LogP contribution in [-0.4, -0.2) is 60.9 Å². The van der Waals surface area contributed by atoms with E-state index in [4.69, 9.17) is 14.5 Å². The van der Waals surface area contributed by atoms with Gasteiger partial charge in [0, 0.05) is 54.1 Å². The fourth-order valence-corrected chi connectivity index (χ4v) is 4.57. The van der Waals surface area contributed by atoms with Crippen LogP contribution >= 0.6 is 0 Å². The molecule has 10 heteroatoms. The smallest absolute Gasteiger partial charge is 0.149 e. The molecule has 1 fully saturated rings. The zero-order chi connectivity index (χ0) is 25.3. The van der Waals surface area contributed by atoms with Gasteiger partial charge < -0.3 is 14.4 Å². The zero-order valence-corrected chi connectivity index (χ0v) is 21.4. The maximum atomic E-state index is 11.5. The van der Waals surface area contributed by atoms with Crippen LogP contribution in [0.3, 0.4) is 0 Å². The molecule has 2 aromatic heterocycles. The predicted molar refractivity (Wildman–Crippen MR) is 140 cm³/mol. The van der Waals surface area contributed by atoms with Gasteiger partial charge in [0.25, 0.3) is 0 Å². The number of aromatic nitrogens is 4. The van der Waals surface area contributed by atoms with Crippen LogP contribution in [0.1, 0.15) is 12.8 Å². The molecule has 36 heavy (non-hydrogen) atoms. The Kier molecular flexibility index (Phi) is 6.53. The van der Waals surface area contributed by atoms with E-state index in [0.717, 1.165) is 46.0 Å². The molecule has 2 heterocycles. The van der Waals surface area contributed by atoms with Crippen molar-refractivity contribution < 1.29 is 17.9 Å². The third kappa shape index (κ3) is 5.59. The van der Waals surface area contributed by atoms with Gasteiger partial charge in [0.15, 0.2) is 0 Å². The lowest BCUT2D eigenvalue weighted by atomic mass is 10.1. The average Bonchev–Trinajstić information content (AvgIpc) is 3.58. The predicted octanol–water partition coefficient (Wildman–Crippen LogP) is 4.10. The van der Waals surface area contributed by atoms with Crippen molar-refractivity contribution in [2.75, 3.05) is 37.7 Å². The van der Waals surface area contributed by atoms with E-state index in [0.29, 0.717) is 18.2 Å². The van der Waals surface area contributed by atoms with Crippen LogP contribution in [0.4, 0.5) is 11.4 Å². The molecule has 1 saturated carbocycles. The lowest BCUT2D eigenvalue weighted by Crippen LogP contribution is -2.20. The number of benzene rings is 2. The van der Waals surface area contributed by atoms with Gasteiger partial charge >= 0.3 is 0 Å². The average molecular weight is 508 g/mol. The molecule has 188 valence electrons. The van der Waals surface area contributed by atoms with Crippen molar-refractivity contribution >= 4 is 32.2 Å². The van der Waals surface area contributed by atoms with E-state index in [-0.39, 0.29) is 5.75 Å². The van der Waals surface area contributed by atoms with E-state index in [1.54, 1.807) is 37.5 Å². The quantitative estimate of drug-likeness (QED) is 0.316. The van der Waals surface area contributed by atoms with E-state index >= 15 is 0 Å². The van der Waals surface area contributed by atoms with Crippen molar-refractivity contribution in [3.8, 4) is 22.8 Å². The lowest BCUT2D eigenvalue weighted by molar-refractivity contribution is 0.394. The monoisotopic (exact) mass is 507 g/mol. The fourth-order valence-electron chi connectivity index (χ4n) is 4.05. The largest absolute Gasteiger partial charge is 0.497 e. The van der Waals surface area contributed by atoms with E-state index < -0.39 is 9.84 Å². The minimum absolute atomic E-state index is 0.0345. The SMILES string of the molecule is COc1cc(OC)cc(N(CC2CC2)c2ccc3ncc(-c4cnn(CCS(C)(=O)=O)c4)nc3c2)c1. The van der Waals surface area contributed by atoms with Crippen LogP contribution in [0, 0.1) is 5.92 Å². The number of rotatable bonds is 10. The van der Waals surface area contributed by atoms with E-state index in [2.05, 4.69) is 21.0 Å². The fraction of sp³-hybridized carbons (Fsp3) is 0.346. The number of nitrogens with zero attached hydrogens (tertiary/aromatic N) is 5. The van der Waals surface area contributed by atoms with Gasteiger partial charge in [0.05, 0.1) is 55.6 Å². The molecule has 0 saturated heterocycles. The van der Waals surface area contributed by atoms with Crippen molar-refractivity contribution in [2.45, 2.75) is 19.4 Å². The second-order valence-electron chi connectivity index (χ2n) is 9.18. The highest BCUT2D eigenvalue weighted by Gasteiger charge is 2.26. The van der Waals surface area contributed by atoms with Gasteiger partial charge in [-0.05, 0) is 37.0 Å². The molecule has 0 bridgehead atoms. The molecule has 4 aromatic rings. The first-order valence-electron chi connectivity index (χ1n) is 11.8. The summed E-state index contributed by atoms with van der Waals surface area (Å²) in [6.07, 6.45) is 8.86. The molecule has 0 radical (unpaired) electrons. The molecule has 0 amide bonds. The highest BCUT2D eigenvalue weighted by molar-refractivity contribution is 7.90. The summed E-state index contributed by atoms with van der Waals surface area (Å²) in [4.78, 5) is 11.7. The van der Waals surface area contributed by atoms with Gasteiger partial charge in [-0.15, -0.1) is 0 Å². The van der Waals surface area contributed by atoms with E-state index in [1.807, 2.05) is 30.3 Å². The van der Waals surface area contributed by atoms with Gasteiger partial charge in [0.2, 0.25) is 0 Å². The summed E-state index contributed by atoms with van der Waals surface area (Å²) in [5.41, 5.74) is 5.04. The summed E-state index contributed by atoms with van der Waals surface area (Å²) in [6, 6.07) is 12.0. The molecule has 0 unspecified atom stereocenters. The molecule has 0 aliphatic heterocycles. The minimum atomic E-state index is -3.06. The highest BCUT2D eigenvalue weighted by atomic mass is 32.2. The number of methoxy groups -OCH3 is 2. The lowest BCUT2D eigenvalue weighted by Gasteiger charge is -2.26. The molecular weight excluding hydrogens is 478 g/mol. The molecule has 0 spiro atoms. The second-order valence-corrected chi connectivity index (χ2v) is 11.4. The summed E-state index contributed by atoms with van der Waals surface area (Å²) >= 11 is 0. The number of aryl methyl sites for hydroxylation is 1.